The normalized spacial score (nSPS) is 12.7. The van der Waals surface area contributed by atoms with Gasteiger partial charge in [0, 0.05) is 4.88 Å². The number of hydrazine groups is 1. The summed E-state index contributed by atoms with van der Waals surface area (Å²) < 4.78 is 0. The first-order valence-electron chi connectivity index (χ1n) is 5.39. The Morgan fingerprint density at radius 1 is 1.24 bits per heavy atom. The SMILES string of the molecule is Cc1ccc(C(NN)c2sccc2Cl)cc1C. The third-order valence-corrected chi connectivity index (χ3v) is 4.36. The first kappa shape index (κ1) is 12.6. The third-order valence-electron chi connectivity index (χ3n) is 2.94. The van der Waals surface area contributed by atoms with E-state index in [9.17, 15) is 0 Å². The van der Waals surface area contributed by atoms with Gasteiger partial charge in [0.25, 0.3) is 0 Å². The maximum absolute atomic E-state index is 6.15. The number of hydrogen-bond acceptors (Lipinski definition) is 3. The van der Waals surface area contributed by atoms with Crippen LogP contribution >= 0.6 is 22.9 Å². The molecular weight excluding hydrogens is 252 g/mol. The Balaban J connectivity index is 2.42. The van der Waals surface area contributed by atoms with E-state index in [2.05, 4.69) is 37.5 Å². The monoisotopic (exact) mass is 266 g/mol. The van der Waals surface area contributed by atoms with E-state index >= 15 is 0 Å². The van der Waals surface area contributed by atoms with E-state index in [1.54, 1.807) is 11.3 Å². The highest BCUT2D eigenvalue weighted by molar-refractivity contribution is 7.10. The zero-order valence-corrected chi connectivity index (χ0v) is 11.4. The average Bonchev–Trinajstić information content (AvgIpc) is 2.71. The van der Waals surface area contributed by atoms with Crippen LogP contribution in [-0.2, 0) is 0 Å². The second-order valence-electron chi connectivity index (χ2n) is 4.08. The minimum Gasteiger partial charge on any atom is -0.271 e. The summed E-state index contributed by atoms with van der Waals surface area (Å²) in [6.45, 7) is 4.20. The van der Waals surface area contributed by atoms with Crippen molar-refractivity contribution < 1.29 is 0 Å². The molecule has 2 nitrogen and oxygen atoms in total. The van der Waals surface area contributed by atoms with Crippen LogP contribution in [-0.4, -0.2) is 0 Å². The summed E-state index contributed by atoms with van der Waals surface area (Å²) in [4.78, 5) is 1.05. The van der Waals surface area contributed by atoms with Gasteiger partial charge in [0.1, 0.15) is 0 Å². The van der Waals surface area contributed by atoms with Gasteiger partial charge in [0.15, 0.2) is 0 Å². The molecule has 0 saturated carbocycles. The van der Waals surface area contributed by atoms with Crippen LogP contribution in [0.2, 0.25) is 5.02 Å². The number of nitrogens with one attached hydrogen (secondary N) is 1. The molecule has 0 bridgehead atoms. The van der Waals surface area contributed by atoms with Crippen LogP contribution in [0.4, 0.5) is 0 Å². The molecule has 1 aromatic heterocycles. The average molecular weight is 267 g/mol. The fourth-order valence-corrected chi connectivity index (χ4v) is 3.03. The summed E-state index contributed by atoms with van der Waals surface area (Å²) >= 11 is 7.76. The highest BCUT2D eigenvalue weighted by atomic mass is 35.5. The second kappa shape index (κ2) is 5.19. The van der Waals surface area contributed by atoms with Crippen LogP contribution in [0, 0.1) is 13.8 Å². The van der Waals surface area contributed by atoms with Crippen molar-refractivity contribution in [3.63, 3.8) is 0 Å². The quantitative estimate of drug-likeness (QED) is 0.658. The van der Waals surface area contributed by atoms with E-state index in [0.29, 0.717) is 0 Å². The molecule has 0 aliphatic rings. The van der Waals surface area contributed by atoms with Crippen LogP contribution in [0.25, 0.3) is 0 Å². The van der Waals surface area contributed by atoms with Crippen LogP contribution < -0.4 is 11.3 Å². The number of halogens is 1. The first-order chi connectivity index (χ1) is 8.13. The Bertz CT molecular complexity index is 522. The molecule has 0 amide bonds. The molecule has 1 unspecified atom stereocenters. The first-order valence-corrected chi connectivity index (χ1v) is 6.65. The highest BCUT2D eigenvalue weighted by Crippen LogP contribution is 2.32. The fourth-order valence-electron chi connectivity index (χ4n) is 1.78. The second-order valence-corrected chi connectivity index (χ2v) is 5.43. The molecule has 1 atom stereocenters. The van der Waals surface area contributed by atoms with Crippen molar-refractivity contribution >= 4 is 22.9 Å². The largest absolute Gasteiger partial charge is 0.271 e. The molecular formula is C13H15ClN2S. The van der Waals surface area contributed by atoms with Crippen molar-refractivity contribution in [2.45, 2.75) is 19.9 Å². The van der Waals surface area contributed by atoms with Crippen LogP contribution in [0.15, 0.2) is 29.6 Å². The van der Waals surface area contributed by atoms with Crippen LogP contribution in [0.3, 0.4) is 0 Å². The standard InChI is InChI=1S/C13H15ClN2S/c1-8-3-4-10(7-9(8)2)12(16-15)13-11(14)5-6-17-13/h3-7,12,16H,15H2,1-2H3. The molecule has 0 aliphatic heterocycles. The van der Waals surface area contributed by atoms with Gasteiger partial charge in [-0.05, 0) is 42.0 Å². The maximum atomic E-state index is 6.15. The van der Waals surface area contributed by atoms with Gasteiger partial charge in [-0.25, -0.2) is 5.43 Å². The van der Waals surface area contributed by atoms with Gasteiger partial charge in [-0.1, -0.05) is 29.8 Å². The minimum atomic E-state index is -0.0400. The Morgan fingerprint density at radius 2 is 2.00 bits per heavy atom. The molecule has 0 saturated heterocycles. The van der Waals surface area contributed by atoms with E-state index in [1.807, 2.05) is 11.4 Å². The lowest BCUT2D eigenvalue weighted by Gasteiger charge is -2.16. The summed E-state index contributed by atoms with van der Waals surface area (Å²) in [5.41, 5.74) is 6.51. The number of hydrogen-bond donors (Lipinski definition) is 2. The van der Waals surface area contributed by atoms with Crippen LogP contribution in [0.5, 0.6) is 0 Å². The smallest absolute Gasteiger partial charge is 0.0817 e. The molecule has 4 heteroatoms. The number of rotatable bonds is 3. The van der Waals surface area contributed by atoms with Gasteiger partial charge in [0.05, 0.1) is 11.1 Å². The van der Waals surface area contributed by atoms with Gasteiger partial charge in [-0.2, -0.15) is 0 Å². The predicted molar refractivity (Wildman–Crippen MR) is 74.4 cm³/mol. The van der Waals surface area contributed by atoms with Crippen molar-refractivity contribution in [2.24, 2.45) is 5.84 Å². The number of aryl methyl sites for hydroxylation is 2. The highest BCUT2D eigenvalue weighted by Gasteiger charge is 2.17. The molecule has 0 fully saturated rings. The van der Waals surface area contributed by atoms with Gasteiger partial charge in [-0.15, -0.1) is 11.3 Å². The van der Waals surface area contributed by atoms with Crippen molar-refractivity contribution in [2.75, 3.05) is 0 Å². The van der Waals surface area contributed by atoms with Gasteiger partial charge >= 0.3 is 0 Å². The number of nitrogens with two attached hydrogens (primary N) is 1. The van der Waals surface area contributed by atoms with Crippen LogP contribution in [0.1, 0.15) is 27.6 Å². The zero-order valence-electron chi connectivity index (χ0n) is 9.83. The maximum Gasteiger partial charge on any atom is 0.0817 e. The summed E-state index contributed by atoms with van der Waals surface area (Å²) in [6.07, 6.45) is 0. The summed E-state index contributed by atoms with van der Waals surface area (Å²) in [5.74, 6) is 5.65. The Hall–Kier alpha value is -0.870. The van der Waals surface area contributed by atoms with E-state index in [-0.39, 0.29) is 6.04 Å². The number of benzene rings is 1. The minimum absolute atomic E-state index is 0.0400. The molecule has 2 rings (SSSR count). The summed E-state index contributed by atoms with van der Waals surface area (Å²) in [7, 11) is 0. The molecule has 90 valence electrons. The molecule has 1 heterocycles. The number of thiophene rings is 1. The molecule has 2 aromatic rings. The van der Waals surface area contributed by atoms with Crippen molar-refractivity contribution in [1.29, 1.82) is 0 Å². The van der Waals surface area contributed by atoms with Crippen molar-refractivity contribution in [3.05, 3.63) is 56.2 Å². The Morgan fingerprint density at radius 3 is 2.53 bits per heavy atom. The molecule has 0 spiro atoms. The lowest BCUT2D eigenvalue weighted by molar-refractivity contribution is 0.646. The lowest BCUT2D eigenvalue weighted by atomic mass is 10.0. The molecule has 0 aliphatic carbocycles. The fraction of sp³-hybridized carbons (Fsp3) is 0.231. The van der Waals surface area contributed by atoms with Gasteiger partial charge < -0.3 is 0 Å². The topological polar surface area (TPSA) is 38.0 Å². The molecule has 1 aromatic carbocycles. The van der Waals surface area contributed by atoms with E-state index < -0.39 is 0 Å². The van der Waals surface area contributed by atoms with Gasteiger partial charge in [-0.3, -0.25) is 5.84 Å². The van der Waals surface area contributed by atoms with Crippen molar-refractivity contribution in [3.8, 4) is 0 Å². The molecule has 17 heavy (non-hydrogen) atoms. The van der Waals surface area contributed by atoms with Gasteiger partial charge in [0.2, 0.25) is 0 Å². The molecule has 0 radical (unpaired) electrons. The lowest BCUT2D eigenvalue weighted by Crippen LogP contribution is -2.28. The third kappa shape index (κ3) is 2.53. The van der Waals surface area contributed by atoms with E-state index in [4.69, 9.17) is 17.4 Å². The Kier molecular flexibility index (Phi) is 3.84. The van der Waals surface area contributed by atoms with E-state index in [0.717, 1.165) is 15.5 Å². The summed E-state index contributed by atoms with van der Waals surface area (Å²) in [5, 5.41) is 2.74. The summed E-state index contributed by atoms with van der Waals surface area (Å²) in [6, 6.07) is 8.20. The zero-order chi connectivity index (χ0) is 12.4. The predicted octanol–water partition coefficient (Wildman–Crippen LogP) is 3.57. The molecule has 3 N–H and O–H groups in total. The van der Waals surface area contributed by atoms with Crippen molar-refractivity contribution in [1.82, 2.24) is 5.43 Å². The Labute approximate surface area is 110 Å². The van der Waals surface area contributed by atoms with E-state index in [1.165, 1.54) is 11.1 Å².